The number of benzene rings is 2. The van der Waals surface area contributed by atoms with Crippen molar-refractivity contribution < 1.29 is 9.53 Å². The lowest BCUT2D eigenvalue weighted by Gasteiger charge is -2.12. The zero-order chi connectivity index (χ0) is 18.0. The molecule has 0 radical (unpaired) electrons. The Balaban J connectivity index is 1.71. The number of hydrazine groups is 1. The molecule has 1 aromatic heterocycles. The molecule has 0 fully saturated rings. The molecule has 3 aromatic rings. The first kappa shape index (κ1) is 17.7. The van der Waals surface area contributed by atoms with Gasteiger partial charge in [-0.05, 0) is 35.9 Å². The minimum atomic E-state index is -0.245. The quantitative estimate of drug-likeness (QED) is 0.540. The zero-order valence-electron chi connectivity index (χ0n) is 13.1. The molecular formula is C17H14Cl3N3O2. The van der Waals surface area contributed by atoms with Crippen molar-refractivity contribution in [2.45, 2.75) is 6.42 Å². The molecule has 0 bridgehead atoms. The van der Waals surface area contributed by atoms with Crippen molar-refractivity contribution in [3.8, 4) is 5.75 Å². The highest BCUT2D eigenvalue weighted by Gasteiger charge is 2.12. The van der Waals surface area contributed by atoms with Gasteiger partial charge in [0.25, 0.3) is 0 Å². The standard InChI is InChI=1S/C17H14Cl3N3O2/c1-25-11-2-3-15-12(7-11)9(8-21-15)4-16(24)22-23-17-13(19)5-10(18)6-14(17)20/h2-3,5-8,21,23H,4H2,1H3,(H,22,24). The number of carbonyl (C=O) groups is 1. The number of amides is 1. The number of methoxy groups -OCH3 is 1. The van der Waals surface area contributed by atoms with E-state index in [0.717, 1.165) is 22.2 Å². The number of carbonyl (C=O) groups excluding carboxylic acids is 1. The van der Waals surface area contributed by atoms with E-state index in [1.807, 2.05) is 18.2 Å². The van der Waals surface area contributed by atoms with E-state index in [1.165, 1.54) is 12.1 Å². The monoisotopic (exact) mass is 397 g/mol. The van der Waals surface area contributed by atoms with Crippen LogP contribution in [0.25, 0.3) is 10.9 Å². The lowest BCUT2D eigenvalue weighted by Crippen LogP contribution is -2.31. The third-order valence-corrected chi connectivity index (χ3v) is 4.47. The lowest BCUT2D eigenvalue weighted by molar-refractivity contribution is -0.119. The van der Waals surface area contributed by atoms with Gasteiger partial charge >= 0.3 is 0 Å². The van der Waals surface area contributed by atoms with Crippen LogP contribution in [0.2, 0.25) is 15.1 Å². The summed E-state index contributed by atoms with van der Waals surface area (Å²) in [4.78, 5) is 15.4. The van der Waals surface area contributed by atoms with Gasteiger partial charge < -0.3 is 9.72 Å². The molecule has 25 heavy (non-hydrogen) atoms. The van der Waals surface area contributed by atoms with Gasteiger partial charge in [-0.1, -0.05) is 34.8 Å². The predicted octanol–water partition coefficient (Wildman–Crippen LogP) is 4.82. The maximum Gasteiger partial charge on any atom is 0.242 e. The summed E-state index contributed by atoms with van der Waals surface area (Å²) in [6, 6.07) is 8.72. The SMILES string of the molecule is COc1ccc2[nH]cc(CC(=O)NNc3c(Cl)cc(Cl)cc3Cl)c2c1. The molecule has 0 unspecified atom stereocenters. The average Bonchev–Trinajstić information content (AvgIpc) is 2.96. The summed E-state index contributed by atoms with van der Waals surface area (Å²) < 4.78 is 5.23. The highest BCUT2D eigenvalue weighted by molar-refractivity contribution is 6.41. The molecule has 0 saturated heterocycles. The molecule has 2 aromatic carbocycles. The highest BCUT2D eigenvalue weighted by Crippen LogP contribution is 2.33. The number of halogens is 3. The molecule has 0 spiro atoms. The number of fused-ring (bicyclic) bond motifs is 1. The maximum absolute atomic E-state index is 12.2. The van der Waals surface area contributed by atoms with Crippen LogP contribution in [0.15, 0.2) is 36.5 Å². The van der Waals surface area contributed by atoms with Crippen LogP contribution in [-0.4, -0.2) is 18.0 Å². The number of aromatic nitrogens is 1. The van der Waals surface area contributed by atoms with Crippen LogP contribution in [0.1, 0.15) is 5.56 Å². The summed E-state index contributed by atoms with van der Waals surface area (Å²) in [6.07, 6.45) is 1.97. The number of hydrogen-bond acceptors (Lipinski definition) is 3. The fraction of sp³-hybridized carbons (Fsp3) is 0.118. The highest BCUT2D eigenvalue weighted by atomic mass is 35.5. The second kappa shape index (κ2) is 7.44. The summed E-state index contributed by atoms with van der Waals surface area (Å²) in [5.41, 5.74) is 7.49. The average molecular weight is 399 g/mol. The summed E-state index contributed by atoms with van der Waals surface area (Å²) in [5, 5.41) is 1.97. The van der Waals surface area contributed by atoms with Crippen molar-refractivity contribution >= 4 is 57.3 Å². The zero-order valence-corrected chi connectivity index (χ0v) is 15.4. The van der Waals surface area contributed by atoms with E-state index in [1.54, 1.807) is 13.3 Å². The van der Waals surface area contributed by atoms with E-state index < -0.39 is 0 Å². The van der Waals surface area contributed by atoms with E-state index in [4.69, 9.17) is 39.5 Å². The molecule has 0 atom stereocenters. The molecule has 1 heterocycles. The second-order valence-electron chi connectivity index (χ2n) is 5.32. The minimum Gasteiger partial charge on any atom is -0.497 e. The maximum atomic E-state index is 12.2. The number of rotatable bonds is 5. The number of ether oxygens (including phenoxy) is 1. The van der Waals surface area contributed by atoms with Gasteiger partial charge in [0, 0.05) is 22.1 Å². The van der Waals surface area contributed by atoms with Crippen molar-refractivity contribution in [2.75, 3.05) is 12.5 Å². The van der Waals surface area contributed by atoms with Crippen molar-refractivity contribution in [1.82, 2.24) is 10.4 Å². The number of nitrogens with one attached hydrogen (secondary N) is 3. The van der Waals surface area contributed by atoms with Crippen LogP contribution in [-0.2, 0) is 11.2 Å². The van der Waals surface area contributed by atoms with Crippen molar-refractivity contribution in [3.05, 3.63) is 57.2 Å². The van der Waals surface area contributed by atoms with E-state index in [2.05, 4.69) is 15.8 Å². The Kier molecular flexibility index (Phi) is 5.27. The summed E-state index contributed by atoms with van der Waals surface area (Å²) >= 11 is 18.0. The number of aromatic amines is 1. The minimum absolute atomic E-state index is 0.170. The fourth-order valence-corrected chi connectivity index (χ4v) is 3.35. The van der Waals surface area contributed by atoms with Gasteiger partial charge in [-0.3, -0.25) is 15.6 Å². The molecule has 8 heteroatoms. The van der Waals surface area contributed by atoms with Gasteiger partial charge in [-0.25, -0.2) is 0 Å². The molecule has 0 aliphatic carbocycles. The van der Waals surface area contributed by atoms with Gasteiger partial charge in [0.05, 0.1) is 29.3 Å². The Morgan fingerprint density at radius 2 is 1.88 bits per heavy atom. The van der Waals surface area contributed by atoms with E-state index in [0.29, 0.717) is 20.8 Å². The second-order valence-corrected chi connectivity index (χ2v) is 6.57. The van der Waals surface area contributed by atoms with Gasteiger partial charge in [-0.15, -0.1) is 0 Å². The van der Waals surface area contributed by atoms with Crippen LogP contribution in [0.4, 0.5) is 5.69 Å². The molecule has 130 valence electrons. The van der Waals surface area contributed by atoms with Gasteiger partial charge in [0.1, 0.15) is 5.75 Å². The van der Waals surface area contributed by atoms with Crippen molar-refractivity contribution in [3.63, 3.8) is 0 Å². The fourth-order valence-electron chi connectivity index (χ4n) is 2.44. The number of hydrogen-bond donors (Lipinski definition) is 3. The number of anilines is 1. The van der Waals surface area contributed by atoms with Crippen LogP contribution < -0.4 is 15.6 Å². The Bertz CT molecular complexity index is 917. The van der Waals surface area contributed by atoms with Crippen LogP contribution in [0.3, 0.4) is 0 Å². The predicted molar refractivity (Wildman–Crippen MR) is 102 cm³/mol. The third kappa shape index (κ3) is 3.95. The van der Waals surface area contributed by atoms with E-state index in [-0.39, 0.29) is 12.3 Å². The van der Waals surface area contributed by atoms with Gasteiger partial charge in [0.2, 0.25) is 5.91 Å². The van der Waals surface area contributed by atoms with Crippen molar-refractivity contribution in [1.29, 1.82) is 0 Å². The summed E-state index contributed by atoms with van der Waals surface area (Å²) in [5.74, 6) is 0.484. The Morgan fingerprint density at radius 1 is 1.16 bits per heavy atom. The first-order chi connectivity index (χ1) is 12.0. The smallest absolute Gasteiger partial charge is 0.242 e. The van der Waals surface area contributed by atoms with Crippen LogP contribution in [0.5, 0.6) is 5.75 Å². The molecule has 3 rings (SSSR count). The molecule has 0 aliphatic rings. The van der Waals surface area contributed by atoms with E-state index >= 15 is 0 Å². The van der Waals surface area contributed by atoms with Gasteiger partial charge in [0.15, 0.2) is 0 Å². The number of H-pyrrole nitrogens is 1. The first-order valence-corrected chi connectivity index (χ1v) is 8.44. The Hall–Kier alpha value is -2.08. The molecule has 0 aliphatic heterocycles. The van der Waals surface area contributed by atoms with Crippen LogP contribution in [0, 0.1) is 0 Å². The largest absolute Gasteiger partial charge is 0.497 e. The molecule has 3 N–H and O–H groups in total. The summed E-state index contributed by atoms with van der Waals surface area (Å²) in [7, 11) is 1.60. The van der Waals surface area contributed by atoms with E-state index in [9.17, 15) is 4.79 Å². The van der Waals surface area contributed by atoms with Gasteiger partial charge in [-0.2, -0.15) is 0 Å². The normalized spacial score (nSPS) is 10.7. The first-order valence-electron chi connectivity index (χ1n) is 7.31. The van der Waals surface area contributed by atoms with Crippen molar-refractivity contribution in [2.24, 2.45) is 0 Å². The molecular weight excluding hydrogens is 385 g/mol. The Labute approximate surface area is 159 Å². The third-order valence-electron chi connectivity index (χ3n) is 3.66. The van der Waals surface area contributed by atoms with Crippen LogP contribution >= 0.6 is 34.8 Å². The molecule has 5 nitrogen and oxygen atoms in total. The Morgan fingerprint density at radius 3 is 2.56 bits per heavy atom. The topological polar surface area (TPSA) is 66.2 Å². The lowest BCUT2D eigenvalue weighted by atomic mass is 10.1. The summed E-state index contributed by atoms with van der Waals surface area (Å²) in [6.45, 7) is 0. The molecule has 1 amide bonds. The molecule has 0 saturated carbocycles.